The van der Waals surface area contributed by atoms with Crippen LogP contribution in [0.25, 0.3) is 22.5 Å². The number of nitrogens with zero attached hydrogens (tertiary/aromatic N) is 3. The normalized spacial score (nSPS) is 11.4. The van der Waals surface area contributed by atoms with Crippen LogP contribution < -0.4 is 9.62 Å². The lowest BCUT2D eigenvalue weighted by molar-refractivity contribution is 0.582. The van der Waals surface area contributed by atoms with Gasteiger partial charge in [-0.1, -0.05) is 80.1 Å². The molecule has 35 heavy (non-hydrogen) atoms. The number of benzene rings is 2. The summed E-state index contributed by atoms with van der Waals surface area (Å²) in [6.07, 6.45) is 7.70. The van der Waals surface area contributed by atoms with Crippen LogP contribution in [0, 0.1) is 0 Å². The van der Waals surface area contributed by atoms with Gasteiger partial charge in [0.2, 0.25) is 10.0 Å². The molecular formula is C28H36N4O2S. The molecule has 1 aromatic heterocycles. The summed E-state index contributed by atoms with van der Waals surface area (Å²) >= 11 is 0. The highest BCUT2D eigenvalue weighted by molar-refractivity contribution is 7.88. The number of hydrogen-bond donors (Lipinski definition) is 1. The number of sulfonamides is 1. The summed E-state index contributed by atoms with van der Waals surface area (Å²) in [5, 5.41) is 0. The number of hydrogen-bond acceptors (Lipinski definition) is 5. The Balaban J connectivity index is 1.69. The lowest BCUT2D eigenvalue weighted by Crippen LogP contribution is -2.32. The highest BCUT2D eigenvalue weighted by Crippen LogP contribution is 2.31. The van der Waals surface area contributed by atoms with Crippen molar-refractivity contribution < 1.29 is 8.42 Å². The fraction of sp³-hybridized carbons (Fsp3) is 0.357. The average molecular weight is 493 g/mol. The first-order valence-electron chi connectivity index (χ1n) is 12.1. The molecular weight excluding hydrogens is 456 g/mol. The standard InChI is InChI=1S/C28H36N4O2S/c1-22(2)32(20-14-6-5-9-15-23(3)31-35(4,33)34)26-21-29-27(24-16-10-7-11-17-24)28(30-26)25-18-12-8-13-19-25/h7-8,10-13,16-19,21-22,31H,3,5-6,9,14-15,20H2,1-2,4H3. The van der Waals surface area contributed by atoms with Crippen LogP contribution in [0.4, 0.5) is 5.82 Å². The topological polar surface area (TPSA) is 75.2 Å². The van der Waals surface area contributed by atoms with Crippen molar-refractivity contribution in [1.29, 1.82) is 0 Å². The molecule has 0 aliphatic carbocycles. The zero-order valence-corrected chi connectivity index (χ0v) is 21.8. The maximum absolute atomic E-state index is 11.3. The molecule has 0 amide bonds. The van der Waals surface area contributed by atoms with E-state index in [1.807, 2.05) is 42.6 Å². The van der Waals surface area contributed by atoms with Gasteiger partial charge in [-0.15, -0.1) is 0 Å². The highest BCUT2D eigenvalue weighted by atomic mass is 32.2. The Morgan fingerprint density at radius 2 is 1.49 bits per heavy atom. The van der Waals surface area contributed by atoms with Crippen molar-refractivity contribution in [3.63, 3.8) is 0 Å². The number of anilines is 1. The van der Waals surface area contributed by atoms with Gasteiger partial charge >= 0.3 is 0 Å². The monoisotopic (exact) mass is 492 g/mol. The van der Waals surface area contributed by atoms with E-state index in [2.05, 4.69) is 54.3 Å². The van der Waals surface area contributed by atoms with Crippen LogP contribution in [-0.2, 0) is 10.0 Å². The van der Waals surface area contributed by atoms with Crippen molar-refractivity contribution in [1.82, 2.24) is 14.7 Å². The maximum atomic E-state index is 11.3. The predicted molar refractivity (Wildman–Crippen MR) is 146 cm³/mol. The van der Waals surface area contributed by atoms with Crippen LogP contribution in [0.2, 0.25) is 0 Å². The van der Waals surface area contributed by atoms with Gasteiger partial charge in [0, 0.05) is 29.4 Å². The van der Waals surface area contributed by atoms with E-state index in [1.54, 1.807) is 0 Å². The van der Waals surface area contributed by atoms with E-state index in [0.717, 1.165) is 66.8 Å². The second kappa shape index (κ2) is 12.5. The Kier molecular flexibility index (Phi) is 9.43. The van der Waals surface area contributed by atoms with Crippen molar-refractivity contribution in [3.05, 3.63) is 79.1 Å². The third-order valence-electron chi connectivity index (χ3n) is 5.73. The van der Waals surface area contributed by atoms with Gasteiger partial charge in [-0.25, -0.2) is 13.4 Å². The van der Waals surface area contributed by atoms with E-state index in [1.165, 1.54) is 0 Å². The molecule has 0 fully saturated rings. The Morgan fingerprint density at radius 1 is 0.914 bits per heavy atom. The molecule has 186 valence electrons. The fourth-order valence-corrected chi connectivity index (χ4v) is 4.67. The summed E-state index contributed by atoms with van der Waals surface area (Å²) in [6.45, 7) is 9.03. The molecule has 3 rings (SSSR count). The van der Waals surface area contributed by atoms with Gasteiger partial charge in [0.15, 0.2) is 0 Å². The van der Waals surface area contributed by atoms with Gasteiger partial charge in [0.05, 0.1) is 23.8 Å². The fourth-order valence-electron chi connectivity index (χ4n) is 4.05. The van der Waals surface area contributed by atoms with Gasteiger partial charge in [0.1, 0.15) is 5.82 Å². The zero-order valence-electron chi connectivity index (χ0n) is 20.9. The van der Waals surface area contributed by atoms with Crippen molar-refractivity contribution >= 4 is 15.8 Å². The van der Waals surface area contributed by atoms with Crippen molar-refractivity contribution in [2.75, 3.05) is 17.7 Å². The lowest BCUT2D eigenvalue weighted by Gasteiger charge is -2.28. The third-order valence-corrected chi connectivity index (χ3v) is 6.39. The van der Waals surface area contributed by atoms with E-state index >= 15 is 0 Å². The molecule has 0 unspecified atom stereocenters. The van der Waals surface area contributed by atoms with Crippen LogP contribution >= 0.6 is 0 Å². The Hall–Kier alpha value is -3.19. The van der Waals surface area contributed by atoms with Crippen molar-refractivity contribution in [3.8, 4) is 22.5 Å². The van der Waals surface area contributed by atoms with Gasteiger partial charge < -0.3 is 4.90 Å². The minimum absolute atomic E-state index is 0.286. The van der Waals surface area contributed by atoms with E-state index in [-0.39, 0.29) is 6.04 Å². The third kappa shape index (κ3) is 8.21. The summed E-state index contributed by atoms with van der Waals surface area (Å²) in [6, 6.07) is 20.7. The van der Waals surface area contributed by atoms with Gasteiger partial charge in [-0.05, 0) is 33.1 Å². The molecule has 7 heteroatoms. The first-order valence-corrected chi connectivity index (χ1v) is 14.0. The molecule has 3 aromatic rings. The molecule has 0 saturated carbocycles. The van der Waals surface area contributed by atoms with Crippen LogP contribution in [0.15, 0.2) is 79.1 Å². The smallest absolute Gasteiger partial charge is 0.229 e. The van der Waals surface area contributed by atoms with E-state index in [9.17, 15) is 8.42 Å². The number of allylic oxidation sites excluding steroid dienone is 1. The summed E-state index contributed by atoms with van der Waals surface area (Å²) in [7, 11) is -3.24. The van der Waals surface area contributed by atoms with Gasteiger partial charge in [0.25, 0.3) is 0 Å². The summed E-state index contributed by atoms with van der Waals surface area (Å²) in [5.74, 6) is 0.879. The number of unbranched alkanes of at least 4 members (excludes halogenated alkanes) is 3. The predicted octanol–water partition coefficient (Wildman–Crippen LogP) is 6.04. The van der Waals surface area contributed by atoms with Crippen molar-refractivity contribution in [2.45, 2.75) is 52.0 Å². The molecule has 0 saturated heterocycles. The molecule has 0 bridgehead atoms. The minimum Gasteiger partial charge on any atom is -0.353 e. The summed E-state index contributed by atoms with van der Waals surface area (Å²) in [5.41, 5.74) is 4.42. The number of nitrogens with one attached hydrogen (secondary N) is 1. The molecule has 1 heterocycles. The first kappa shape index (κ1) is 26.4. The molecule has 0 aliphatic rings. The molecule has 0 radical (unpaired) electrons. The SMILES string of the molecule is C=C(CCCCCCN(c1cnc(-c2ccccc2)c(-c2ccccc2)n1)C(C)C)NS(C)(=O)=O. The molecule has 2 aromatic carbocycles. The van der Waals surface area contributed by atoms with Crippen LogP contribution in [0.3, 0.4) is 0 Å². The average Bonchev–Trinajstić information content (AvgIpc) is 2.83. The second-order valence-corrected chi connectivity index (χ2v) is 10.8. The molecule has 0 atom stereocenters. The Bertz CT molecular complexity index is 1200. The molecule has 1 N–H and O–H groups in total. The van der Waals surface area contributed by atoms with Gasteiger partial charge in [-0.3, -0.25) is 9.71 Å². The highest BCUT2D eigenvalue weighted by Gasteiger charge is 2.17. The summed E-state index contributed by atoms with van der Waals surface area (Å²) < 4.78 is 25.0. The second-order valence-electron chi connectivity index (χ2n) is 9.09. The number of aromatic nitrogens is 2. The Morgan fingerprint density at radius 3 is 2.06 bits per heavy atom. The van der Waals surface area contributed by atoms with Crippen molar-refractivity contribution in [2.24, 2.45) is 0 Å². The summed E-state index contributed by atoms with van der Waals surface area (Å²) in [4.78, 5) is 12.3. The van der Waals surface area contributed by atoms with E-state index in [4.69, 9.17) is 9.97 Å². The minimum atomic E-state index is -3.24. The Labute approximate surface area is 210 Å². The quantitative estimate of drug-likeness (QED) is 0.295. The lowest BCUT2D eigenvalue weighted by atomic mass is 10.0. The zero-order chi connectivity index (χ0) is 25.3. The largest absolute Gasteiger partial charge is 0.353 e. The molecule has 6 nitrogen and oxygen atoms in total. The van der Waals surface area contributed by atoms with Gasteiger partial charge in [-0.2, -0.15) is 0 Å². The van der Waals surface area contributed by atoms with E-state index in [0.29, 0.717) is 12.1 Å². The van der Waals surface area contributed by atoms with Crippen LogP contribution in [0.1, 0.15) is 46.0 Å². The van der Waals surface area contributed by atoms with E-state index < -0.39 is 10.0 Å². The number of rotatable bonds is 13. The van der Waals surface area contributed by atoms with Crippen LogP contribution in [-0.4, -0.2) is 37.2 Å². The first-order chi connectivity index (χ1) is 16.7. The van der Waals surface area contributed by atoms with Crippen LogP contribution in [0.5, 0.6) is 0 Å². The molecule has 0 spiro atoms. The maximum Gasteiger partial charge on any atom is 0.229 e. The molecule has 0 aliphatic heterocycles.